The number of benzene rings is 1. The lowest BCUT2D eigenvalue weighted by Gasteiger charge is -2.26. The summed E-state index contributed by atoms with van der Waals surface area (Å²) in [5.41, 5.74) is -1.95. The van der Waals surface area contributed by atoms with E-state index in [1.807, 2.05) is 45.0 Å². The van der Waals surface area contributed by atoms with Crippen LogP contribution >= 0.6 is 11.3 Å². The van der Waals surface area contributed by atoms with Crippen molar-refractivity contribution in [2.24, 2.45) is 0 Å². The number of hydrogen-bond donors (Lipinski definition) is 1. The van der Waals surface area contributed by atoms with Gasteiger partial charge in [0.15, 0.2) is 0 Å². The van der Waals surface area contributed by atoms with E-state index in [-0.39, 0.29) is 18.0 Å². The van der Waals surface area contributed by atoms with Crippen LogP contribution in [-0.2, 0) is 21.6 Å². The summed E-state index contributed by atoms with van der Waals surface area (Å²) in [5.74, 6) is -0.380. The lowest BCUT2D eigenvalue weighted by molar-refractivity contribution is -0.146. The number of fused-ring (bicyclic) bond motifs is 1. The second-order valence-corrected chi connectivity index (χ2v) is 10.6. The van der Waals surface area contributed by atoms with Crippen molar-refractivity contribution in [1.82, 2.24) is 14.1 Å². The Morgan fingerprint density at radius 1 is 1.24 bits per heavy atom. The maximum absolute atomic E-state index is 14.0. The van der Waals surface area contributed by atoms with Gasteiger partial charge >= 0.3 is 11.7 Å². The number of carboxylic acid groups (broad SMARTS) is 1. The maximum atomic E-state index is 14.0. The van der Waals surface area contributed by atoms with Crippen LogP contribution in [0.15, 0.2) is 50.7 Å². The zero-order valence-corrected chi connectivity index (χ0v) is 23.0. The molecule has 0 unspecified atom stereocenters. The Labute approximate surface area is 223 Å². The van der Waals surface area contributed by atoms with E-state index < -0.39 is 28.9 Å². The minimum absolute atomic E-state index is 0.0125. The van der Waals surface area contributed by atoms with Gasteiger partial charge in [0.05, 0.1) is 35.7 Å². The normalized spacial score (nSPS) is 12.8. The van der Waals surface area contributed by atoms with Crippen molar-refractivity contribution in [3.63, 3.8) is 0 Å². The highest BCUT2D eigenvalue weighted by atomic mass is 32.1. The summed E-state index contributed by atoms with van der Waals surface area (Å²) >= 11 is 1.19. The molecule has 4 rings (SSSR count). The summed E-state index contributed by atoms with van der Waals surface area (Å²) in [7, 11) is 0. The average Bonchev–Trinajstić information content (AvgIpc) is 3.49. The highest BCUT2D eigenvalue weighted by molar-refractivity contribution is 7.22. The van der Waals surface area contributed by atoms with Gasteiger partial charge in [-0.25, -0.2) is 19.1 Å². The molecule has 3 aromatic heterocycles. The number of aromatic nitrogens is 3. The van der Waals surface area contributed by atoms with E-state index >= 15 is 0 Å². The summed E-state index contributed by atoms with van der Waals surface area (Å²) in [6.07, 6.45) is 2.09. The van der Waals surface area contributed by atoms with Crippen molar-refractivity contribution in [2.75, 3.05) is 6.61 Å². The molecular formula is C27H31N3O7S. The first-order valence-electron chi connectivity index (χ1n) is 12.3. The first-order valence-corrected chi connectivity index (χ1v) is 13.1. The third kappa shape index (κ3) is 4.79. The van der Waals surface area contributed by atoms with E-state index in [0.717, 1.165) is 10.1 Å². The summed E-state index contributed by atoms with van der Waals surface area (Å²) in [6.45, 7) is 10.5. The fraction of sp³-hybridized carbons (Fsp3) is 0.407. The SMILES string of the molecule is CCOc1ccccc1[C@@H](Cn1c(=O)n(C(C)(C)C(=O)O)c(=O)c2c(C)c(-c3ncco3)sc21)OC(C)C. The molecule has 38 heavy (non-hydrogen) atoms. The van der Waals surface area contributed by atoms with E-state index in [2.05, 4.69) is 4.98 Å². The minimum atomic E-state index is -1.81. The van der Waals surface area contributed by atoms with Crippen LogP contribution < -0.4 is 16.0 Å². The molecule has 0 fully saturated rings. The Kier molecular flexibility index (Phi) is 7.61. The number of nitrogens with zero attached hydrogens (tertiary/aromatic N) is 3. The fourth-order valence-electron chi connectivity index (χ4n) is 4.38. The predicted octanol–water partition coefficient (Wildman–Crippen LogP) is 4.57. The fourth-order valence-corrected chi connectivity index (χ4v) is 5.62. The van der Waals surface area contributed by atoms with E-state index in [1.165, 1.54) is 42.2 Å². The molecule has 0 saturated heterocycles. The number of carbonyl (C=O) groups is 1. The Hall–Kier alpha value is -3.70. The zero-order valence-electron chi connectivity index (χ0n) is 22.2. The van der Waals surface area contributed by atoms with Crippen LogP contribution in [0.25, 0.3) is 21.0 Å². The molecule has 0 aliphatic carbocycles. The molecule has 0 amide bonds. The molecule has 1 atom stereocenters. The summed E-state index contributed by atoms with van der Waals surface area (Å²) in [4.78, 5) is 45.1. The van der Waals surface area contributed by atoms with Gasteiger partial charge in [-0.3, -0.25) is 9.36 Å². The Balaban J connectivity index is 2.04. The molecule has 0 saturated carbocycles. The van der Waals surface area contributed by atoms with Crippen LogP contribution in [0.1, 0.15) is 51.8 Å². The molecule has 0 bridgehead atoms. The topological polar surface area (TPSA) is 126 Å². The van der Waals surface area contributed by atoms with Crippen LogP contribution in [0.2, 0.25) is 0 Å². The largest absolute Gasteiger partial charge is 0.493 e. The summed E-state index contributed by atoms with van der Waals surface area (Å²) < 4.78 is 19.8. The van der Waals surface area contributed by atoms with Crippen molar-refractivity contribution in [1.29, 1.82) is 0 Å². The van der Waals surface area contributed by atoms with Crippen molar-refractivity contribution >= 4 is 27.5 Å². The van der Waals surface area contributed by atoms with Gasteiger partial charge in [0.25, 0.3) is 5.56 Å². The first-order chi connectivity index (χ1) is 18.0. The molecule has 10 nitrogen and oxygen atoms in total. The predicted molar refractivity (Wildman–Crippen MR) is 144 cm³/mol. The molecule has 1 N–H and O–H groups in total. The van der Waals surface area contributed by atoms with Crippen LogP contribution in [0, 0.1) is 6.92 Å². The van der Waals surface area contributed by atoms with E-state index in [4.69, 9.17) is 13.9 Å². The number of para-hydroxylation sites is 1. The molecule has 202 valence electrons. The monoisotopic (exact) mass is 541 g/mol. The molecule has 4 aromatic rings. The van der Waals surface area contributed by atoms with Gasteiger partial charge in [-0.05, 0) is 53.2 Å². The van der Waals surface area contributed by atoms with E-state index in [9.17, 15) is 19.5 Å². The highest BCUT2D eigenvalue weighted by Gasteiger charge is 2.36. The smallest absolute Gasteiger partial charge is 0.333 e. The Morgan fingerprint density at radius 3 is 2.55 bits per heavy atom. The van der Waals surface area contributed by atoms with Crippen molar-refractivity contribution < 1.29 is 23.8 Å². The first kappa shape index (κ1) is 27.3. The molecule has 0 aliphatic heterocycles. The highest BCUT2D eigenvalue weighted by Crippen LogP contribution is 2.37. The molecule has 0 aliphatic rings. The third-order valence-corrected chi connectivity index (χ3v) is 7.57. The Bertz CT molecular complexity index is 1580. The number of oxazole rings is 1. The second kappa shape index (κ2) is 10.6. The Morgan fingerprint density at radius 2 is 1.95 bits per heavy atom. The van der Waals surface area contributed by atoms with Crippen LogP contribution in [0.4, 0.5) is 0 Å². The number of carboxylic acids is 1. The van der Waals surface area contributed by atoms with Crippen LogP contribution in [0.5, 0.6) is 5.75 Å². The van der Waals surface area contributed by atoms with Crippen molar-refractivity contribution in [3.05, 3.63) is 68.7 Å². The lowest BCUT2D eigenvalue weighted by atomic mass is 10.1. The summed E-state index contributed by atoms with van der Waals surface area (Å²) in [5, 5.41) is 10.2. The number of aryl methyl sites for hydroxylation is 1. The van der Waals surface area contributed by atoms with Gasteiger partial charge in [0, 0.05) is 5.56 Å². The van der Waals surface area contributed by atoms with E-state index in [0.29, 0.717) is 33.5 Å². The molecule has 11 heteroatoms. The molecular weight excluding hydrogens is 510 g/mol. The standard InChI is InChI=1S/C27H31N3O7S/c1-7-35-18-11-9-8-10-17(18)19(37-15(2)3)14-29-24-20(16(4)21(38-24)22-28-12-13-36-22)23(31)30(26(29)34)27(5,6)25(32)33/h8-13,15,19H,7,14H2,1-6H3,(H,32,33)/t19-/m1/s1. The number of rotatable bonds is 10. The maximum Gasteiger partial charge on any atom is 0.333 e. The van der Waals surface area contributed by atoms with Crippen LogP contribution in [-0.4, -0.2) is 37.9 Å². The second-order valence-electron chi connectivity index (χ2n) is 9.62. The number of ether oxygens (including phenoxy) is 2. The van der Waals surface area contributed by atoms with Gasteiger partial charge in [0.1, 0.15) is 28.5 Å². The van der Waals surface area contributed by atoms with Gasteiger partial charge in [-0.2, -0.15) is 0 Å². The lowest BCUT2D eigenvalue weighted by Crippen LogP contribution is -2.52. The van der Waals surface area contributed by atoms with Crippen LogP contribution in [0.3, 0.4) is 0 Å². The number of hydrogen-bond acceptors (Lipinski definition) is 8. The van der Waals surface area contributed by atoms with Gasteiger partial charge < -0.3 is 19.0 Å². The van der Waals surface area contributed by atoms with Gasteiger partial charge in [0.2, 0.25) is 5.89 Å². The number of aliphatic carboxylic acids is 1. The third-order valence-electron chi connectivity index (χ3n) is 6.27. The molecule has 0 radical (unpaired) electrons. The summed E-state index contributed by atoms with van der Waals surface area (Å²) in [6, 6.07) is 7.41. The van der Waals surface area contributed by atoms with Crippen molar-refractivity contribution in [3.8, 4) is 16.5 Å². The zero-order chi connectivity index (χ0) is 27.8. The molecule has 3 heterocycles. The molecule has 1 aromatic carbocycles. The average molecular weight is 542 g/mol. The minimum Gasteiger partial charge on any atom is -0.493 e. The number of thiophene rings is 1. The van der Waals surface area contributed by atoms with Gasteiger partial charge in [-0.15, -0.1) is 11.3 Å². The molecule has 0 spiro atoms. The van der Waals surface area contributed by atoms with Crippen molar-refractivity contribution in [2.45, 2.75) is 65.8 Å². The van der Waals surface area contributed by atoms with Gasteiger partial charge in [-0.1, -0.05) is 18.2 Å². The van der Waals surface area contributed by atoms with E-state index in [1.54, 1.807) is 6.92 Å². The quantitative estimate of drug-likeness (QED) is 0.309.